The second-order valence-electron chi connectivity index (χ2n) is 9.39. The highest BCUT2D eigenvalue weighted by atomic mass is 16.3. The fourth-order valence-electron chi connectivity index (χ4n) is 3.08. The molecule has 0 aliphatic carbocycles. The van der Waals surface area contributed by atoms with Crippen LogP contribution in [0.25, 0.3) is 0 Å². The van der Waals surface area contributed by atoms with E-state index in [0.717, 1.165) is 22.3 Å². The molecular weight excluding hydrogens is 364 g/mol. The number of carbonyl (C=O) groups excluding carboxylic acids is 1. The van der Waals surface area contributed by atoms with Crippen LogP contribution < -0.4 is 5.43 Å². The van der Waals surface area contributed by atoms with Crippen LogP contribution >= 0.6 is 0 Å². The Labute approximate surface area is 173 Å². The highest BCUT2D eigenvalue weighted by Gasteiger charge is 2.26. The van der Waals surface area contributed by atoms with Crippen molar-refractivity contribution in [3.8, 4) is 11.5 Å². The first kappa shape index (κ1) is 22.5. The van der Waals surface area contributed by atoms with Gasteiger partial charge in [-0.1, -0.05) is 59.7 Å². The van der Waals surface area contributed by atoms with Crippen LogP contribution in [0.1, 0.15) is 70.2 Å². The van der Waals surface area contributed by atoms with E-state index in [0.29, 0.717) is 12.2 Å². The molecule has 0 aliphatic rings. The third-order valence-electron chi connectivity index (χ3n) is 4.76. The minimum Gasteiger partial charge on any atom is -0.508 e. The molecule has 0 aliphatic heterocycles. The summed E-state index contributed by atoms with van der Waals surface area (Å²) in [5, 5.41) is 24.6. The Morgan fingerprint density at radius 2 is 1.55 bits per heavy atom. The van der Waals surface area contributed by atoms with Crippen molar-refractivity contribution >= 4 is 12.1 Å². The van der Waals surface area contributed by atoms with E-state index < -0.39 is 0 Å². The molecular formula is C24H32N2O3. The van der Waals surface area contributed by atoms with Gasteiger partial charge >= 0.3 is 0 Å². The monoisotopic (exact) mass is 396 g/mol. The normalized spacial score (nSPS) is 12.3. The van der Waals surface area contributed by atoms with Gasteiger partial charge in [0.05, 0.1) is 6.21 Å². The number of carbonyl (C=O) groups is 1. The molecule has 0 heterocycles. The van der Waals surface area contributed by atoms with Crippen molar-refractivity contribution in [2.45, 2.75) is 65.2 Å². The summed E-state index contributed by atoms with van der Waals surface area (Å²) in [6.07, 6.45) is 2.27. The summed E-state index contributed by atoms with van der Waals surface area (Å²) in [4.78, 5) is 12.1. The number of rotatable bonds is 5. The van der Waals surface area contributed by atoms with Crippen molar-refractivity contribution in [2.24, 2.45) is 5.10 Å². The SMILES string of the molecule is CC(C)(C)c1cc(/C=N/NC(=O)CCc2ccccc2O)cc(C(C)(C)C)c1O. The molecule has 0 unspecified atom stereocenters. The number of hydrazone groups is 1. The lowest BCUT2D eigenvalue weighted by Gasteiger charge is -2.27. The summed E-state index contributed by atoms with van der Waals surface area (Å²) in [6, 6.07) is 10.8. The Morgan fingerprint density at radius 3 is 2.07 bits per heavy atom. The van der Waals surface area contributed by atoms with Gasteiger partial charge in [0.2, 0.25) is 5.91 Å². The zero-order valence-corrected chi connectivity index (χ0v) is 18.2. The first-order chi connectivity index (χ1) is 13.4. The molecule has 0 spiro atoms. The van der Waals surface area contributed by atoms with Gasteiger partial charge in [0, 0.05) is 17.5 Å². The zero-order chi connectivity index (χ0) is 21.8. The number of phenolic OH excluding ortho intramolecular Hbond substituents is 2. The van der Waals surface area contributed by atoms with Crippen molar-refractivity contribution in [1.82, 2.24) is 5.43 Å². The first-order valence-corrected chi connectivity index (χ1v) is 9.86. The van der Waals surface area contributed by atoms with E-state index in [1.807, 2.05) is 18.2 Å². The summed E-state index contributed by atoms with van der Waals surface area (Å²) in [5.74, 6) is 0.279. The molecule has 2 aromatic rings. The summed E-state index contributed by atoms with van der Waals surface area (Å²) in [6.45, 7) is 12.3. The fraction of sp³-hybridized carbons (Fsp3) is 0.417. The number of hydrogen-bond acceptors (Lipinski definition) is 4. The van der Waals surface area contributed by atoms with Gasteiger partial charge < -0.3 is 10.2 Å². The Balaban J connectivity index is 2.13. The first-order valence-electron chi connectivity index (χ1n) is 9.86. The van der Waals surface area contributed by atoms with Crippen LogP contribution in [0, 0.1) is 0 Å². The highest BCUT2D eigenvalue weighted by Crippen LogP contribution is 2.39. The molecule has 2 rings (SSSR count). The molecule has 5 heteroatoms. The standard InChI is InChI=1S/C24H32N2O3/c1-23(2,3)18-13-16(14-19(22(18)29)24(4,5)6)15-25-26-21(28)12-11-17-9-7-8-10-20(17)27/h7-10,13-15,27,29H,11-12H2,1-6H3,(H,26,28)/b25-15+. The van der Waals surface area contributed by atoms with Gasteiger partial charge in [-0.15, -0.1) is 0 Å². The Morgan fingerprint density at radius 1 is 1.00 bits per heavy atom. The van der Waals surface area contributed by atoms with Crippen molar-refractivity contribution in [1.29, 1.82) is 0 Å². The maximum atomic E-state index is 12.1. The Hall–Kier alpha value is -2.82. The number of para-hydroxylation sites is 1. The van der Waals surface area contributed by atoms with Gasteiger partial charge in [-0.25, -0.2) is 5.43 Å². The Kier molecular flexibility index (Phi) is 6.73. The molecule has 0 saturated heterocycles. The van der Waals surface area contributed by atoms with Crippen LogP contribution in [-0.4, -0.2) is 22.3 Å². The minimum absolute atomic E-state index is 0.192. The molecule has 2 aromatic carbocycles. The average Bonchev–Trinajstić information content (AvgIpc) is 2.60. The van der Waals surface area contributed by atoms with Crippen LogP contribution in [0.3, 0.4) is 0 Å². The smallest absolute Gasteiger partial charge is 0.240 e. The lowest BCUT2D eigenvalue weighted by atomic mass is 9.78. The quantitative estimate of drug-likeness (QED) is 0.503. The number of aromatic hydroxyl groups is 2. The number of phenols is 2. The van der Waals surface area contributed by atoms with Crippen LogP contribution in [0.4, 0.5) is 0 Å². The zero-order valence-electron chi connectivity index (χ0n) is 18.2. The third-order valence-corrected chi connectivity index (χ3v) is 4.76. The second kappa shape index (κ2) is 8.68. The third kappa shape index (κ3) is 6.08. The van der Waals surface area contributed by atoms with Gasteiger partial charge in [0.1, 0.15) is 11.5 Å². The lowest BCUT2D eigenvalue weighted by Crippen LogP contribution is -2.19. The van der Waals surface area contributed by atoms with E-state index in [1.165, 1.54) is 0 Å². The van der Waals surface area contributed by atoms with Gasteiger partial charge in [-0.2, -0.15) is 5.10 Å². The fourth-order valence-corrected chi connectivity index (χ4v) is 3.08. The predicted octanol–water partition coefficient (Wildman–Crippen LogP) is 4.78. The maximum Gasteiger partial charge on any atom is 0.240 e. The minimum atomic E-state index is -0.227. The number of nitrogens with one attached hydrogen (secondary N) is 1. The van der Waals surface area contributed by atoms with E-state index in [-0.39, 0.29) is 28.9 Å². The molecule has 0 saturated carbocycles. The summed E-state index contributed by atoms with van der Waals surface area (Å²) in [7, 11) is 0. The van der Waals surface area contributed by atoms with Crippen molar-refractivity contribution in [3.63, 3.8) is 0 Å². The molecule has 156 valence electrons. The van der Waals surface area contributed by atoms with E-state index in [2.05, 4.69) is 52.1 Å². The van der Waals surface area contributed by atoms with Crippen molar-refractivity contribution in [2.75, 3.05) is 0 Å². The van der Waals surface area contributed by atoms with Crippen LogP contribution in [0.2, 0.25) is 0 Å². The average molecular weight is 397 g/mol. The number of hydrogen-bond donors (Lipinski definition) is 3. The summed E-state index contributed by atoms with van der Waals surface area (Å²) >= 11 is 0. The largest absolute Gasteiger partial charge is 0.508 e. The summed E-state index contributed by atoms with van der Waals surface area (Å²) < 4.78 is 0. The molecule has 0 radical (unpaired) electrons. The molecule has 29 heavy (non-hydrogen) atoms. The number of amides is 1. The van der Waals surface area contributed by atoms with Crippen LogP contribution in [-0.2, 0) is 22.0 Å². The van der Waals surface area contributed by atoms with Crippen molar-refractivity contribution < 1.29 is 15.0 Å². The predicted molar refractivity (Wildman–Crippen MR) is 118 cm³/mol. The molecule has 0 atom stereocenters. The number of nitrogens with zero attached hydrogens (tertiary/aromatic N) is 1. The van der Waals surface area contributed by atoms with E-state index in [4.69, 9.17) is 0 Å². The summed E-state index contributed by atoms with van der Waals surface area (Å²) in [5.41, 5.74) is 5.32. The maximum absolute atomic E-state index is 12.1. The van der Waals surface area contributed by atoms with Gasteiger partial charge in [0.25, 0.3) is 0 Å². The Bertz CT molecular complexity index is 868. The topological polar surface area (TPSA) is 81.9 Å². The van der Waals surface area contributed by atoms with E-state index >= 15 is 0 Å². The van der Waals surface area contributed by atoms with Crippen molar-refractivity contribution in [3.05, 3.63) is 58.7 Å². The number of benzene rings is 2. The molecule has 0 fully saturated rings. The van der Waals surface area contributed by atoms with Gasteiger partial charge in [-0.3, -0.25) is 4.79 Å². The molecule has 5 nitrogen and oxygen atoms in total. The second-order valence-corrected chi connectivity index (χ2v) is 9.39. The molecule has 3 N–H and O–H groups in total. The van der Waals surface area contributed by atoms with Gasteiger partial charge in [0.15, 0.2) is 0 Å². The van der Waals surface area contributed by atoms with Gasteiger partial charge in [-0.05, 0) is 46.6 Å². The van der Waals surface area contributed by atoms with E-state index in [9.17, 15) is 15.0 Å². The number of aryl methyl sites for hydroxylation is 1. The molecule has 1 amide bonds. The van der Waals surface area contributed by atoms with E-state index in [1.54, 1.807) is 24.4 Å². The highest BCUT2D eigenvalue weighted by molar-refractivity contribution is 5.83. The van der Waals surface area contributed by atoms with Crippen LogP contribution in [0.15, 0.2) is 41.5 Å². The lowest BCUT2D eigenvalue weighted by molar-refractivity contribution is -0.121. The van der Waals surface area contributed by atoms with Crippen LogP contribution in [0.5, 0.6) is 11.5 Å². The molecule has 0 aromatic heterocycles. The molecule has 0 bridgehead atoms.